The molecule has 1 fully saturated rings. The number of carbonyl (C=O) groups excluding carboxylic acids is 1. The van der Waals surface area contributed by atoms with Gasteiger partial charge in [-0.3, -0.25) is 9.78 Å². The minimum absolute atomic E-state index is 0.0580. The number of ether oxygens (including phenoxy) is 1. The van der Waals surface area contributed by atoms with Gasteiger partial charge in [-0.15, -0.1) is 0 Å². The highest BCUT2D eigenvalue weighted by atomic mass is 19.3. The van der Waals surface area contributed by atoms with E-state index in [-0.39, 0.29) is 35.8 Å². The van der Waals surface area contributed by atoms with Gasteiger partial charge in [-0.1, -0.05) is 6.07 Å². The first kappa shape index (κ1) is 24.0. The third-order valence-electron chi connectivity index (χ3n) is 7.93. The van der Waals surface area contributed by atoms with Gasteiger partial charge >= 0.3 is 6.61 Å². The minimum Gasteiger partial charge on any atom is -0.434 e. The zero-order chi connectivity index (χ0) is 27.3. The monoisotopic (exact) mass is 536 g/mol. The van der Waals surface area contributed by atoms with Crippen molar-refractivity contribution in [2.75, 3.05) is 0 Å². The van der Waals surface area contributed by atoms with E-state index in [1.807, 2.05) is 0 Å². The summed E-state index contributed by atoms with van der Waals surface area (Å²) in [6, 6.07) is 7.15. The second kappa shape index (κ2) is 7.99. The Bertz CT molecular complexity index is 1680. The van der Waals surface area contributed by atoms with E-state index >= 15 is 4.39 Å². The Morgan fingerprint density at radius 2 is 2.03 bits per heavy atom. The predicted molar refractivity (Wildman–Crippen MR) is 132 cm³/mol. The molecule has 0 radical (unpaired) electrons. The highest BCUT2D eigenvalue weighted by molar-refractivity contribution is 5.98. The Morgan fingerprint density at radius 1 is 1.23 bits per heavy atom. The molecule has 12 heteroatoms. The molecule has 9 nitrogen and oxygen atoms in total. The molecule has 7 rings (SSSR count). The summed E-state index contributed by atoms with van der Waals surface area (Å²) >= 11 is 0. The maximum Gasteiger partial charge on any atom is 0.387 e. The maximum atomic E-state index is 15.2. The molecule has 1 saturated carbocycles. The van der Waals surface area contributed by atoms with Gasteiger partial charge in [-0.25, -0.2) is 13.9 Å². The van der Waals surface area contributed by atoms with E-state index in [1.54, 1.807) is 23.6 Å². The molecule has 39 heavy (non-hydrogen) atoms. The highest BCUT2D eigenvalue weighted by Gasteiger charge is 2.51. The van der Waals surface area contributed by atoms with Gasteiger partial charge in [0.25, 0.3) is 5.91 Å². The average Bonchev–Trinajstić information content (AvgIpc) is 3.34. The number of nitrogens with zero attached hydrogens (tertiary/aromatic N) is 4. The van der Waals surface area contributed by atoms with Crippen LogP contribution in [0.25, 0.3) is 16.8 Å². The molecule has 0 saturated heterocycles. The number of amides is 1. The third kappa shape index (κ3) is 3.62. The lowest BCUT2D eigenvalue weighted by Gasteiger charge is -2.48. The van der Waals surface area contributed by atoms with Crippen LogP contribution in [0.5, 0.6) is 5.75 Å². The molecule has 200 valence electrons. The zero-order valence-corrected chi connectivity index (χ0v) is 20.7. The van der Waals surface area contributed by atoms with Gasteiger partial charge < -0.3 is 20.9 Å². The number of alkyl halides is 2. The zero-order valence-electron chi connectivity index (χ0n) is 20.7. The van der Waals surface area contributed by atoms with Crippen LogP contribution in [-0.2, 0) is 5.54 Å². The van der Waals surface area contributed by atoms with E-state index in [0.717, 1.165) is 5.56 Å². The molecule has 1 aliphatic heterocycles. The number of carbonyl (C=O) groups is 1. The Labute approximate surface area is 219 Å². The second-order valence-corrected chi connectivity index (χ2v) is 10.9. The van der Waals surface area contributed by atoms with Crippen LogP contribution >= 0.6 is 0 Å². The van der Waals surface area contributed by atoms with Crippen LogP contribution < -0.4 is 15.8 Å². The lowest BCUT2D eigenvalue weighted by atomic mass is 9.64. The van der Waals surface area contributed by atoms with Crippen molar-refractivity contribution in [3.05, 3.63) is 76.8 Å². The maximum absolute atomic E-state index is 15.2. The van der Waals surface area contributed by atoms with Crippen LogP contribution in [0.15, 0.2) is 42.9 Å². The first-order chi connectivity index (χ1) is 18.5. The second-order valence-electron chi connectivity index (χ2n) is 10.9. The van der Waals surface area contributed by atoms with E-state index in [9.17, 15) is 18.7 Å². The van der Waals surface area contributed by atoms with Crippen molar-refractivity contribution in [1.82, 2.24) is 24.9 Å². The van der Waals surface area contributed by atoms with Crippen LogP contribution in [0.1, 0.15) is 71.0 Å². The molecule has 0 spiro atoms. The molecular formula is C27H23F3N6O3. The van der Waals surface area contributed by atoms with Crippen molar-refractivity contribution in [3.8, 4) is 17.0 Å². The predicted octanol–water partition coefficient (Wildman–Crippen LogP) is 3.55. The SMILES string of the molecule is CC1(O)CC(N)(c2ncc(-c3cc4c5c(nn4cn3)C3CC5c4c(OC(F)F)cccc4C(=O)N3)cc2F)C1. The first-order valence-electron chi connectivity index (χ1n) is 12.5. The van der Waals surface area contributed by atoms with Gasteiger partial charge in [-0.2, -0.15) is 13.9 Å². The summed E-state index contributed by atoms with van der Waals surface area (Å²) in [7, 11) is 0. The molecule has 3 aliphatic rings. The van der Waals surface area contributed by atoms with Crippen LogP contribution in [0.3, 0.4) is 0 Å². The fourth-order valence-electron chi connectivity index (χ4n) is 6.58. The molecule has 2 bridgehead atoms. The van der Waals surface area contributed by atoms with Gasteiger partial charge in [0.2, 0.25) is 0 Å². The summed E-state index contributed by atoms with van der Waals surface area (Å²) in [5.41, 5.74) is 7.90. The number of halogens is 3. The summed E-state index contributed by atoms with van der Waals surface area (Å²) in [5.74, 6) is -1.48. The molecule has 2 atom stereocenters. The molecule has 3 aromatic heterocycles. The van der Waals surface area contributed by atoms with Gasteiger partial charge in [0.1, 0.15) is 17.9 Å². The quantitative estimate of drug-likeness (QED) is 0.364. The molecular weight excluding hydrogens is 513 g/mol. The van der Waals surface area contributed by atoms with Gasteiger partial charge in [-0.05, 0) is 50.5 Å². The lowest BCUT2D eigenvalue weighted by Crippen LogP contribution is -2.59. The Kier molecular flexibility index (Phi) is 4.93. The number of pyridine rings is 1. The van der Waals surface area contributed by atoms with Crippen molar-refractivity contribution >= 4 is 11.4 Å². The fourth-order valence-corrected chi connectivity index (χ4v) is 6.58. The normalized spacial score (nSPS) is 27.1. The number of aliphatic hydroxyl groups is 1. The highest BCUT2D eigenvalue weighted by Crippen LogP contribution is 2.51. The Hall–Kier alpha value is -4.03. The van der Waals surface area contributed by atoms with E-state index < -0.39 is 35.5 Å². The van der Waals surface area contributed by atoms with E-state index in [4.69, 9.17) is 10.5 Å². The number of nitrogens with one attached hydrogen (secondary N) is 1. The molecule has 2 aliphatic carbocycles. The lowest BCUT2D eigenvalue weighted by molar-refractivity contribution is -0.0764. The summed E-state index contributed by atoms with van der Waals surface area (Å²) in [6.45, 7) is -1.40. The van der Waals surface area contributed by atoms with Crippen LogP contribution in [0, 0.1) is 5.82 Å². The van der Waals surface area contributed by atoms with Crippen molar-refractivity contribution in [2.24, 2.45) is 5.73 Å². The summed E-state index contributed by atoms with van der Waals surface area (Å²) < 4.78 is 48.0. The number of nitrogens with two attached hydrogens (primary N) is 1. The number of aromatic nitrogens is 4. The minimum atomic E-state index is -3.05. The van der Waals surface area contributed by atoms with E-state index in [2.05, 4.69) is 20.4 Å². The number of rotatable bonds is 4. The molecule has 1 aromatic carbocycles. The summed E-state index contributed by atoms with van der Waals surface area (Å²) in [6.07, 6.45) is 3.81. The molecule has 2 unspecified atom stereocenters. The third-order valence-corrected chi connectivity index (χ3v) is 7.93. The van der Waals surface area contributed by atoms with Crippen molar-refractivity contribution in [1.29, 1.82) is 0 Å². The fraction of sp³-hybridized carbons (Fsp3) is 0.333. The Morgan fingerprint density at radius 3 is 2.74 bits per heavy atom. The summed E-state index contributed by atoms with van der Waals surface area (Å²) in [4.78, 5) is 21.6. The topological polar surface area (TPSA) is 128 Å². The van der Waals surface area contributed by atoms with Crippen LogP contribution in [-0.4, -0.2) is 42.8 Å². The largest absolute Gasteiger partial charge is 0.434 e. The van der Waals surface area contributed by atoms with E-state index in [1.165, 1.54) is 30.7 Å². The number of hydrogen-bond donors (Lipinski definition) is 3. The number of hydrogen-bond acceptors (Lipinski definition) is 7. The number of benzene rings is 1. The average molecular weight is 537 g/mol. The standard InChI is InChI=1S/C27H23F3N6O3/c1-26(38)9-27(31,10-26)23-15(28)5-12(8-32-23)16-7-18-21-14-6-17(22(21)35-36(18)11-33-16)34-24(37)13-3-2-4-19(20(13)14)39-25(29)30/h2-5,7-8,11,14,17,25,38H,6,9-10,31H2,1H3,(H,34,37). The Balaban J connectivity index is 1.32. The van der Waals surface area contributed by atoms with Crippen molar-refractivity contribution in [3.63, 3.8) is 0 Å². The number of fused-ring (bicyclic) bond motifs is 9. The molecule has 4 heterocycles. The van der Waals surface area contributed by atoms with Crippen molar-refractivity contribution < 1.29 is 27.8 Å². The molecule has 4 N–H and O–H groups in total. The molecule has 1 amide bonds. The first-order valence-corrected chi connectivity index (χ1v) is 12.5. The smallest absolute Gasteiger partial charge is 0.387 e. The van der Waals surface area contributed by atoms with Crippen molar-refractivity contribution in [2.45, 2.75) is 55.9 Å². The van der Waals surface area contributed by atoms with E-state index in [0.29, 0.717) is 34.5 Å². The van der Waals surface area contributed by atoms with Crippen LogP contribution in [0.2, 0.25) is 0 Å². The van der Waals surface area contributed by atoms with Gasteiger partial charge in [0.05, 0.1) is 39.8 Å². The molecule has 4 aromatic rings. The van der Waals surface area contributed by atoms with Gasteiger partial charge in [0.15, 0.2) is 0 Å². The van der Waals surface area contributed by atoms with Crippen LogP contribution in [0.4, 0.5) is 13.2 Å². The summed E-state index contributed by atoms with van der Waals surface area (Å²) in [5, 5.41) is 17.7. The van der Waals surface area contributed by atoms with Gasteiger partial charge in [0, 0.05) is 34.4 Å².